The Hall–Kier alpha value is -2.31. The molecule has 7 heteroatoms. The second-order valence-corrected chi connectivity index (χ2v) is 5.13. The van der Waals surface area contributed by atoms with E-state index in [1.165, 1.54) is 17.0 Å². The normalized spacial score (nSPS) is 16.1. The van der Waals surface area contributed by atoms with Gasteiger partial charge < -0.3 is 20.9 Å². The molecule has 1 aliphatic rings. The Kier molecular flexibility index (Phi) is 4.62. The smallest absolute Gasteiger partial charge is 0.257 e. The van der Waals surface area contributed by atoms with Gasteiger partial charge in [0.2, 0.25) is 0 Å². The first kappa shape index (κ1) is 15.1. The molecule has 0 aromatic heterocycles. The number of amidine groups is 1. The Balaban J connectivity index is 2.28. The number of phenols is 1. The van der Waals surface area contributed by atoms with Crippen molar-refractivity contribution in [2.45, 2.75) is 31.7 Å². The zero-order valence-corrected chi connectivity index (χ0v) is 11.5. The zero-order valence-electron chi connectivity index (χ0n) is 11.5. The summed E-state index contributed by atoms with van der Waals surface area (Å²) < 4.78 is 13.8. The molecule has 1 saturated carbocycles. The minimum atomic E-state index is -0.789. The highest BCUT2D eigenvalue weighted by molar-refractivity contribution is 5.97. The first-order chi connectivity index (χ1) is 10.0. The number of nitrogens with two attached hydrogens (primary N) is 1. The van der Waals surface area contributed by atoms with Gasteiger partial charge in [0.25, 0.3) is 5.91 Å². The maximum absolute atomic E-state index is 13.8. The summed E-state index contributed by atoms with van der Waals surface area (Å²) in [4.78, 5) is 14.0. The highest BCUT2D eigenvalue weighted by Crippen LogP contribution is 2.26. The number of hydrogen-bond donors (Lipinski definition) is 3. The van der Waals surface area contributed by atoms with E-state index in [1.807, 2.05) is 0 Å². The molecule has 0 unspecified atom stereocenters. The van der Waals surface area contributed by atoms with Gasteiger partial charge in [-0.3, -0.25) is 4.79 Å². The minimum absolute atomic E-state index is 0.0500. The van der Waals surface area contributed by atoms with E-state index in [2.05, 4.69) is 5.16 Å². The lowest BCUT2D eigenvalue weighted by Gasteiger charge is -2.28. The summed E-state index contributed by atoms with van der Waals surface area (Å²) in [7, 11) is 0. The molecule has 0 atom stereocenters. The maximum Gasteiger partial charge on any atom is 0.257 e. The predicted molar refractivity (Wildman–Crippen MR) is 74.8 cm³/mol. The van der Waals surface area contributed by atoms with Crippen molar-refractivity contribution in [1.29, 1.82) is 0 Å². The second kappa shape index (κ2) is 6.43. The molecule has 1 aromatic carbocycles. The fraction of sp³-hybridized carbons (Fsp3) is 0.429. The fourth-order valence-electron chi connectivity index (χ4n) is 2.62. The summed E-state index contributed by atoms with van der Waals surface area (Å²) in [5, 5.41) is 20.8. The summed E-state index contributed by atoms with van der Waals surface area (Å²) in [5.74, 6) is -1.66. The lowest BCUT2D eigenvalue weighted by Crippen LogP contribution is -2.44. The third-order valence-corrected chi connectivity index (χ3v) is 3.67. The number of rotatable bonds is 4. The molecule has 1 aliphatic carbocycles. The third-order valence-electron chi connectivity index (χ3n) is 3.67. The van der Waals surface area contributed by atoms with E-state index < -0.39 is 11.7 Å². The van der Waals surface area contributed by atoms with Gasteiger partial charge in [0.1, 0.15) is 11.6 Å². The van der Waals surface area contributed by atoms with Crippen LogP contribution in [0.15, 0.2) is 23.4 Å². The van der Waals surface area contributed by atoms with Crippen LogP contribution < -0.4 is 5.73 Å². The average molecular weight is 295 g/mol. The SMILES string of the molecule is N/C(CN(C(=O)c1ccc(O)cc1F)C1CCCC1)=N/O. The number of oxime groups is 1. The highest BCUT2D eigenvalue weighted by Gasteiger charge is 2.29. The van der Waals surface area contributed by atoms with E-state index in [0.717, 1.165) is 31.7 Å². The van der Waals surface area contributed by atoms with Crippen LogP contribution in [-0.4, -0.2) is 39.5 Å². The van der Waals surface area contributed by atoms with Gasteiger partial charge in [0, 0.05) is 12.1 Å². The number of halogens is 1. The van der Waals surface area contributed by atoms with Crippen molar-refractivity contribution in [3.63, 3.8) is 0 Å². The maximum atomic E-state index is 13.8. The van der Waals surface area contributed by atoms with Gasteiger partial charge in [-0.25, -0.2) is 4.39 Å². The number of amides is 1. The van der Waals surface area contributed by atoms with Gasteiger partial charge in [0.05, 0.1) is 12.1 Å². The van der Waals surface area contributed by atoms with Gasteiger partial charge in [-0.15, -0.1) is 0 Å². The van der Waals surface area contributed by atoms with E-state index in [-0.39, 0.29) is 29.7 Å². The Labute approximate surface area is 121 Å². The number of phenolic OH excluding ortho intramolecular Hbond substituents is 1. The molecule has 21 heavy (non-hydrogen) atoms. The first-order valence-corrected chi connectivity index (χ1v) is 6.79. The number of carbonyl (C=O) groups is 1. The van der Waals surface area contributed by atoms with E-state index in [1.54, 1.807) is 0 Å². The quantitative estimate of drug-likeness (QED) is 0.340. The number of hydrogen-bond acceptors (Lipinski definition) is 4. The Morgan fingerprint density at radius 2 is 2.10 bits per heavy atom. The molecule has 1 fully saturated rings. The molecule has 0 heterocycles. The third kappa shape index (κ3) is 3.42. The molecule has 0 radical (unpaired) electrons. The molecule has 0 saturated heterocycles. The van der Waals surface area contributed by atoms with Gasteiger partial charge in [-0.2, -0.15) is 0 Å². The molecule has 0 bridgehead atoms. The first-order valence-electron chi connectivity index (χ1n) is 6.79. The number of aromatic hydroxyl groups is 1. The van der Waals surface area contributed by atoms with Crippen molar-refractivity contribution in [2.24, 2.45) is 10.9 Å². The van der Waals surface area contributed by atoms with Crippen molar-refractivity contribution in [3.8, 4) is 5.75 Å². The van der Waals surface area contributed by atoms with Crippen LogP contribution in [0.5, 0.6) is 5.75 Å². The van der Waals surface area contributed by atoms with E-state index in [9.17, 15) is 14.3 Å². The molecule has 1 amide bonds. The number of carbonyl (C=O) groups excluding carboxylic acids is 1. The van der Waals surface area contributed by atoms with Crippen LogP contribution in [-0.2, 0) is 0 Å². The van der Waals surface area contributed by atoms with Crippen molar-refractivity contribution in [1.82, 2.24) is 4.90 Å². The number of benzene rings is 1. The predicted octanol–water partition coefficient (Wildman–Crippen LogP) is 1.66. The van der Waals surface area contributed by atoms with Crippen LogP contribution in [0.3, 0.4) is 0 Å². The molecule has 0 spiro atoms. The van der Waals surface area contributed by atoms with Crippen LogP contribution >= 0.6 is 0 Å². The van der Waals surface area contributed by atoms with Crippen molar-refractivity contribution < 1.29 is 19.5 Å². The molecule has 4 N–H and O–H groups in total. The highest BCUT2D eigenvalue weighted by atomic mass is 19.1. The van der Waals surface area contributed by atoms with Crippen LogP contribution in [0.25, 0.3) is 0 Å². The topological polar surface area (TPSA) is 99.2 Å². The van der Waals surface area contributed by atoms with Crippen molar-refractivity contribution in [2.75, 3.05) is 6.54 Å². The molecule has 0 aliphatic heterocycles. The van der Waals surface area contributed by atoms with Crippen molar-refractivity contribution >= 4 is 11.7 Å². The van der Waals surface area contributed by atoms with E-state index in [4.69, 9.17) is 10.9 Å². The minimum Gasteiger partial charge on any atom is -0.508 e. The summed E-state index contributed by atoms with van der Waals surface area (Å²) in [6.07, 6.45) is 3.60. The van der Waals surface area contributed by atoms with Crippen LogP contribution in [0, 0.1) is 5.82 Å². The zero-order chi connectivity index (χ0) is 15.4. The second-order valence-electron chi connectivity index (χ2n) is 5.13. The van der Waals surface area contributed by atoms with Gasteiger partial charge in [-0.1, -0.05) is 18.0 Å². The lowest BCUT2D eigenvalue weighted by molar-refractivity contribution is 0.0707. The van der Waals surface area contributed by atoms with Crippen LogP contribution in [0.4, 0.5) is 4.39 Å². The molecule has 1 aromatic rings. The molecule has 2 rings (SSSR count). The summed E-state index contributed by atoms with van der Waals surface area (Å²) in [6.45, 7) is -0.0552. The lowest BCUT2D eigenvalue weighted by atomic mass is 10.1. The van der Waals surface area contributed by atoms with E-state index in [0.29, 0.717) is 0 Å². The van der Waals surface area contributed by atoms with Gasteiger partial charge in [-0.05, 0) is 25.0 Å². The average Bonchev–Trinajstić information content (AvgIpc) is 2.97. The van der Waals surface area contributed by atoms with Crippen molar-refractivity contribution in [3.05, 3.63) is 29.6 Å². The van der Waals surface area contributed by atoms with Gasteiger partial charge >= 0.3 is 0 Å². The summed E-state index contributed by atoms with van der Waals surface area (Å²) in [6, 6.07) is 3.34. The van der Waals surface area contributed by atoms with Gasteiger partial charge in [0.15, 0.2) is 5.84 Å². The molecule has 6 nitrogen and oxygen atoms in total. The number of nitrogens with zero attached hydrogens (tertiary/aromatic N) is 2. The molecule has 114 valence electrons. The monoisotopic (exact) mass is 295 g/mol. The standard InChI is InChI=1S/C14H18FN3O3/c15-12-7-10(19)5-6-11(12)14(20)18(8-13(16)17-21)9-3-1-2-4-9/h5-7,9,19,21H,1-4,8H2,(H2,16,17). The molecular formula is C14H18FN3O3. The Morgan fingerprint density at radius 1 is 1.43 bits per heavy atom. The summed E-state index contributed by atoms with van der Waals surface area (Å²) >= 11 is 0. The Morgan fingerprint density at radius 3 is 2.67 bits per heavy atom. The fourth-order valence-corrected chi connectivity index (χ4v) is 2.62. The molecular weight excluding hydrogens is 277 g/mol. The Bertz CT molecular complexity index is 556. The van der Waals surface area contributed by atoms with Crippen LogP contribution in [0.1, 0.15) is 36.0 Å². The largest absolute Gasteiger partial charge is 0.508 e. The van der Waals surface area contributed by atoms with E-state index >= 15 is 0 Å². The summed E-state index contributed by atoms with van der Waals surface area (Å²) in [5.41, 5.74) is 5.36. The van der Waals surface area contributed by atoms with Crippen LogP contribution in [0.2, 0.25) is 0 Å².